The van der Waals surface area contributed by atoms with E-state index in [4.69, 9.17) is 9.47 Å². The molecule has 1 saturated heterocycles. The summed E-state index contributed by atoms with van der Waals surface area (Å²) in [6.45, 7) is 7.91. The van der Waals surface area contributed by atoms with Gasteiger partial charge in [0.1, 0.15) is 0 Å². The Morgan fingerprint density at radius 1 is 1.16 bits per heavy atom. The Bertz CT molecular complexity index is 555. The molecule has 0 unspecified atom stereocenters. The molecule has 1 heterocycles. The van der Waals surface area contributed by atoms with E-state index in [1.54, 1.807) is 14.2 Å². The van der Waals surface area contributed by atoms with Gasteiger partial charge in [-0.25, -0.2) is 4.79 Å². The van der Waals surface area contributed by atoms with Crippen molar-refractivity contribution in [2.75, 3.05) is 33.9 Å². The Kier molecular flexibility index (Phi) is 7.37. The van der Waals surface area contributed by atoms with E-state index < -0.39 is 0 Å². The van der Waals surface area contributed by atoms with Crippen LogP contribution < -0.4 is 20.1 Å². The van der Waals surface area contributed by atoms with Crippen LogP contribution in [0.15, 0.2) is 18.2 Å². The lowest BCUT2D eigenvalue weighted by atomic mass is 9.96. The van der Waals surface area contributed by atoms with Crippen LogP contribution in [0.1, 0.15) is 32.3 Å². The number of hydrogen-bond donors (Lipinski definition) is 2. The van der Waals surface area contributed by atoms with E-state index >= 15 is 0 Å². The van der Waals surface area contributed by atoms with Gasteiger partial charge in [0.15, 0.2) is 11.5 Å². The highest BCUT2D eigenvalue weighted by molar-refractivity contribution is 5.73. The standard InChI is InChI=1S/C19H31N3O3/c1-14(2)22-9-7-15(8-10-22)12-20-19(23)21-13-16-5-6-17(24-3)18(11-16)25-4/h5-6,11,14-15H,7-10,12-13H2,1-4H3,(H2,20,21,23). The van der Waals surface area contributed by atoms with Crippen molar-refractivity contribution < 1.29 is 14.3 Å². The molecule has 1 aromatic rings. The van der Waals surface area contributed by atoms with Gasteiger partial charge >= 0.3 is 6.03 Å². The number of likely N-dealkylation sites (tertiary alicyclic amines) is 1. The SMILES string of the molecule is COc1ccc(CNC(=O)NCC2CCN(C(C)C)CC2)cc1OC. The van der Waals surface area contributed by atoms with E-state index in [2.05, 4.69) is 29.4 Å². The average molecular weight is 349 g/mol. The van der Waals surface area contributed by atoms with Gasteiger partial charge in [0.25, 0.3) is 0 Å². The maximum absolute atomic E-state index is 12.0. The van der Waals surface area contributed by atoms with Gasteiger partial charge in [-0.05, 0) is 63.4 Å². The Balaban J connectivity index is 1.71. The van der Waals surface area contributed by atoms with Gasteiger partial charge in [0.05, 0.1) is 14.2 Å². The second-order valence-electron chi connectivity index (χ2n) is 6.83. The first-order valence-electron chi connectivity index (χ1n) is 9.00. The molecule has 0 atom stereocenters. The van der Waals surface area contributed by atoms with Crippen molar-refractivity contribution in [2.24, 2.45) is 5.92 Å². The van der Waals surface area contributed by atoms with Crippen LogP contribution in [0.4, 0.5) is 4.79 Å². The van der Waals surface area contributed by atoms with Gasteiger partial charge in [0.2, 0.25) is 0 Å². The summed E-state index contributed by atoms with van der Waals surface area (Å²) in [5.74, 6) is 1.92. The largest absolute Gasteiger partial charge is 0.493 e. The molecule has 25 heavy (non-hydrogen) atoms. The minimum atomic E-state index is -0.124. The fourth-order valence-corrected chi connectivity index (χ4v) is 3.15. The van der Waals surface area contributed by atoms with Crippen LogP contribution in [-0.2, 0) is 6.54 Å². The molecule has 2 N–H and O–H groups in total. The monoisotopic (exact) mass is 349 g/mol. The summed E-state index contributed by atoms with van der Waals surface area (Å²) in [5.41, 5.74) is 0.970. The Labute approximate surface area is 150 Å². The Hall–Kier alpha value is -1.95. The van der Waals surface area contributed by atoms with Gasteiger partial charge in [-0.3, -0.25) is 0 Å². The number of ether oxygens (including phenoxy) is 2. The number of methoxy groups -OCH3 is 2. The van der Waals surface area contributed by atoms with Crippen LogP contribution in [0.25, 0.3) is 0 Å². The number of nitrogens with zero attached hydrogens (tertiary/aromatic N) is 1. The van der Waals surface area contributed by atoms with E-state index in [0.717, 1.165) is 38.0 Å². The van der Waals surface area contributed by atoms with E-state index in [0.29, 0.717) is 30.0 Å². The molecular weight excluding hydrogens is 318 g/mol. The van der Waals surface area contributed by atoms with Crippen molar-refractivity contribution in [3.05, 3.63) is 23.8 Å². The molecule has 1 aliphatic rings. The first kappa shape index (κ1) is 19.4. The summed E-state index contributed by atoms with van der Waals surface area (Å²) >= 11 is 0. The van der Waals surface area contributed by atoms with E-state index in [9.17, 15) is 4.79 Å². The molecule has 6 heteroatoms. The van der Waals surface area contributed by atoms with Crippen molar-refractivity contribution in [3.63, 3.8) is 0 Å². The number of urea groups is 1. The lowest BCUT2D eigenvalue weighted by molar-refractivity contribution is 0.148. The van der Waals surface area contributed by atoms with Crippen molar-refractivity contribution in [3.8, 4) is 11.5 Å². The molecule has 0 aromatic heterocycles. The van der Waals surface area contributed by atoms with E-state index in [1.807, 2.05) is 18.2 Å². The molecule has 2 rings (SSSR count). The smallest absolute Gasteiger partial charge is 0.315 e. The Morgan fingerprint density at radius 2 is 1.84 bits per heavy atom. The summed E-state index contributed by atoms with van der Waals surface area (Å²) < 4.78 is 10.5. The third kappa shape index (κ3) is 5.81. The van der Waals surface area contributed by atoms with Crippen molar-refractivity contribution in [2.45, 2.75) is 39.3 Å². The second kappa shape index (κ2) is 9.51. The summed E-state index contributed by atoms with van der Waals surface area (Å²) in [5, 5.41) is 5.89. The Morgan fingerprint density at radius 3 is 2.44 bits per heavy atom. The number of benzene rings is 1. The number of amides is 2. The number of piperidine rings is 1. The van der Waals surface area contributed by atoms with Crippen LogP contribution in [0.2, 0.25) is 0 Å². The van der Waals surface area contributed by atoms with Crippen LogP contribution in [-0.4, -0.2) is 50.8 Å². The molecule has 1 fully saturated rings. The lowest BCUT2D eigenvalue weighted by Gasteiger charge is -2.34. The van der Waals surface area contributed by atoms with Crippen LogP contribution in [0.5, 0.6) is 11.5 Å². The van der Waals surface area contributed by atoms with Crippen LogP contribution in [0.3, 0.4) is 0 Å². The van der Waals surface area contributed by atoms with Crippen LogP contribution >= 0.6 is 0 Å². The molecule has 0 radical (unpaired) electrons. The molecule has 1 aromatic carbocycles. The first-order valence-corrected chi connectivity index (χ1v) is 9.00. The average Bonchev–Trinajstić information content (AvgIpc) is 2.64. The molecule has 6 nitrogen and oxygen atoms in total. The van der Waals surface area contributed by atoms with Crippen molar-refractivity contribution in [1.29, 1.82) is 0 Å². The molecule has 0 spiro atoms. The number of rotatable bonds is 7. The zero-order valence-corrected chi connectivity index (χ0v) is 15.8. The lowest BCUT2D eigenvalue weighted by Crippen LogP contribution is -2.43. The minimum absolute atomic E-state index is 0.124. The van der Waals surface area contributed by atoms with Gasteiger partial charge in [-0.1, -0.05) is 6.07 Å². The van der Waals surface area contributed by atoms with Crippen molar-refractivity contribution >= 4 is 6.03 Å². The molecular formula is C19H31N3O3. The fourth-order valence-electron chi connectivity index (χ4n) is 3.15. The highest BCUT2D eigenvalue weighted by atomic mass is 16.5. The number of carbonyl (C=O) groups is 1. The molecule has 0 saturated carbocycles. The van der Waals surface area contributed by atoms with E-state index in [-0.39, 0.29) is 6.03 Å². The predicted molar refractivity (Wildman–Crippen MR) is 99.2 cm³/mol. The molecule has 1 aliphatic heterocycles. The highest BCUT2D eigenvalue weighted by Gasteiger charge is 2.21. The van der Waals surface area contributed by atoms with Gasteiger partial charge in [0, 0.05) is 19.1 Å². The van der Waals surface area contributed by atoms with Gasteiger partial charge in [-0.15, -0.1) is 0 Å². The molecule has 0 aliphatic carbocycles. The number of nitrogens with one attached hydrogen (secondary N) is 2. The summed E-state index contributed by atoms with van der Waals surface area (Å²) in [6.07, 6.45) is 2.29. The van der Waals surface area contributed by atoms with Crippen molar-refractivity contribution in [1.82, 2.24) is 15.5 Å². The molecule has 2 amide bonds. The first-order chi connectivity index (χ1) is 12.0. The molecule has 0 bridgehead atoms. The third-order valence-electron chi connectivity index (χ3n) is 4.83. The fraction of sp³-hybridized carbons (Fsp3) is 0.632. The summed E-state index contributed by atoms with van der Waals surface area (Å²) in [7, 11) is 3.21. The zero-order chi connectivity index (χ0) is 18.2. The maximum Gasteiger partial charge on any atom is 0.315 e. The summed E-state index contributed by atoms with van der Waals surface area (Å²) in [6, 6.07) is 6.13. The summed E-state index contributed by atoms with van der Waals surface area (Å²) in [4.78, 5) is 14.5. The highest BCUT2D eigenvalue weighted by Crippen LogP contribution is 2.27. The second-order valence-corrected chi connectivity index (χ2v) is 6.83. The topological polar surface area (TPSA) is 62.8 Å². The quantitative estimate of drug-likeness (QED) is 0.794. The minimum Gasteiger partial charge on any atom is -0.493 e. The zero-order valence-electron chi connectivity index (χ0n) is 15.8. The van der Waals surface area contributed by atoms with Gasteiger partial charge in [-0.2, -0.15) is 0 Å². The maximum atomic E-state index is 12.0. The number of carbonyl (C=O) groups excluding carboxylic acids is 1. The molecule has 140 valence electrons. The predicted octanol–water partition coefficient (Wildman–Crippen LogP) is 2.62. The normalized spacial score (nSPS) is 15.9. The third-order valence-corrected chi connectivity index (χ3v) is 4.83. The van der Waals surface area contributed by atoms with Gasteiger partial charge < -0.3 is 25.0 Å². The number of hydrogen-bond acceptors (Lipinski definition) is 4. The van der Waals surface area contributed by atoms with E-state index in [1.165, 1.54) is 0 Å². The van der Waals surface area contributed by atoms with Crippen LogP contribution in [0, 0.1) is 5.92 Å².